The number of carbonyl (C=O) groups is 3. The van der Waals surface area contributed by atoms with Crippen LogP contribution in [0.3, 0.4) is 0 Å². The van der Waals surface area contributed by atoms with Gasteiger partial charge < -0.3 is 25.0 Å². The summed E-state index contributed by atoms with van der Waals surface area (Å²) in [7, 11) is 2.80. The molecule has 0 saturated carbocycles. The number of thiazole rings is 1. The van der Waals surface area contributed by atoms with Crippen LogP contribution in [0.2, 0.25) is 0 Å². The fraction of sp³-hybridized carbons (Fsp3) is 0.278. The van der Waals surface area contributed by atoms with Crippen molar-refractivity contribution in [3.05, 3.63) is 39.3 Å². The standard InChI is InChI=1S/C18H17N3O7S/c1-27-11-5-9-10(6-12(11)28-2)21-17(26)18(15(9)24,7-13-19-3-4-29-13)16(25)20-8-14(22)23/h3-6,24H,7-8H2,1-2H3,(H,20,25)(H,22,23). The highest BCUT2D eigenvalue weighted by Crippen LogP contribution is 2.35. The third-order valence-corrected chi connectivity index (χ3v) is 5.22. The summed E-state index contributed by atoms with van der Waals surface area (Å²) in [6, 6.07) is 2.81. The number of fused-ring (bicyclic) bond motifs is 1. The number of aliphatic carboxylic acids is 1. The van der Waals surface area contributed by atoms with Gasteiger partial charge in [0, 0.05) is 29.3 Å². The molecule has 3 N–H and O–H groups in total. The fourth-order valence-corrected chi connectivity index (χ4v) is 3.70. The summed E-state index contributed by atoms with van der Waals surface area (Å²) in [5, 5.41) is 24.4. The van der Waals surface area contributed by atoms with Crippen molar-refractivity contribution in [1.82, 2.24) is 10.3 Å². The number of aromatic nitrogens is 1. The van der Waals surface area contributed by atoms with E-state index in [4.69, 9.17) is 14.6 Å². The molecule has 0 spiro atoms. The highest BCUT2D eigenvalue weighted by atomic mass is 32.1. The van der Waals surface area contributed by atoms with Crippen molar-refractivity contribution in [1.29, 1.82) is 0 Å². The van der Waals surface area contributed by atoms with Crippen molar-refractivity contribution in [2.45, 2.75) is 6.42 Å². The quantitative estimate of drug-likeness (QED) is 0.505. The zero-order valence-corrected chi connectivity index (χ0v) is 16.3. The Hall–Kier alpha value is -3.47. The Morgan fingerprint density at radius 1 is 1.24 bits per heavy atom. The molecule has 1 atom stereocenters. The van der Waals surface area contributed by atoms with E-state index < -0.39 is 35.5 Å². The van der Waals surface area contributed by atoms with Crippen molar-refractivity contribution < 1.29 is 34.1 Å². The minimum absolute atomic E-state index is 0.101. The highest BCUT2D eigenvalue weighted by Gasteiger charge is 2.52. The molecule has 1 aliphatic rings. The molecule has 2 amide bonds. The van der Waals surface area contributed by atoms with Gasteiger partial charge in [0.1, 0.15) is 12.3 Å². The predicted octanol–water partition coefficient (Wildman–Crippen LogP) is -0.584. The average molecular weight is 419 g/mol. The van der Waals surface area contributed by atoms with E-state index in [1.54, 1.807) is 5.38 Å². The van der Waals surface area contributed by atoms with Gasteiger partial charge in [-0.2, -0.15) is 0 Å². The predicted molar refractivity (Wildman–Crippen MR) is 100 cm³/mol. The monoisotopic (exact) mass is 419 g/mol. The van der Waals surface area contributed by atoms with Crippen LogP contribution >= 0.6 is 11.3 Å². The van der Waals surface area contributed by atoms with Gasteiger partial charge in [-0.15, -0.1) is 11.3 Å². The van der Waals surface area contributed by atoms with E-state index in [0.29, 0.717) is 10.8 Å². The lowest BCUT2D eigenvalue weighted by atomic mass is 9.78. The molecule has 29 heavy (non-hydrogen) atoms. The third kappa shape index (κ3) is 3.51. The van der Waals surface area contributed by atoms with Crippen molar-refractivity contribution >= 4 is 34.9 Å². The number of benzene rings is 1. The molecular weight excluding hydrogens is 402 g/mol. The average Bonchev–Trinajstić information content (AvgIpc) is 3.21. The van der Waals surface area contributed by atoms with E-state index in [1.165, 1.54) is 43.9 Å². The summed E-state index contributed by atoms with van der Waals surface area (Å²) in [4.78, 5) is 44.9. The van der Waals surface area contributed by atoms with E-state index >= 15 is 0 Å². The summed E-state index contributed by atoms with van der Waals surface area (Å²) in [5.74, 6) is -3.23. The molecule has 0 saturated heterocycles. The minimum atomic E-state index is -2.15. The van der Waals surface area contributed by atoms with Gasteiger partial charge in [-0.3, -0.25) is 14.4 Å². The summed E-state index contributed by atoms with van der Waals surface area (Å²) in [5.41, 5.74) is -2.15. The summed E-state index contributed by atoms with van der Waals surface area (Å²) >= 11 is 1.19. The van der Waals surface area contributed by atoms with Crippen LogP contribution in [0.25, 0.3) is 5.76 Å². The van der Waals surface area contributed by atoms with Crippen LogP contribution in [-0.2, 0) is 20.8 Å². The lowest BCUT2D eigenvalue weighted by Crippen LogP contribution is -2.55. The molecule has 2 heterocycles. The van der Waals surface area contributed by atoms with Crippen LogP contribution in [0.4, 0.5) is 0 Å². The largest absolute Gasteiger partial charge is 0.510 e. The third-order valence-electron chi connectivity index (χ3n) is 4.44. The van der Waals surface area contributed by atoms with Crippen LogP contribution in [0.5, 0.6) is 11.5 Å². The normalized spacial score (nSPS) is 17.9. The molecule has 0 fully saturated rings. The maximum Gasteiger partial charge on any atom is 0.322 e. The number of carboxylic acid groups (broad SMARTS) is 1. The van der Waals surface area contributed by atoms with Gasteiger partial charge in [-0.25, -0.2) is 9.98 Å². The van der Waals surface area contributed by atoms with Crippen LogP contribution < -0.4 is 25.4 Å². The number of aliphatic hydroxyl groups excluding tert-OH is 1. The molecule has 152 valence electrons. The van der Waals surface area contributed by atoms with E-state index in [0.717, 1.165) is 0 Å². The Morgan fingerprint density at radius 3 is 2.52 bits per heavy atom. The molecule has 1 aromatic carbocycles. The zero-order chi connectivity index (χ0) is 21.2. The molecule has 0 bridgehead atoms. The molecule has 1 unspecified atom stereocenters. The van der Waals surface area contributed by atoms with Gasteiger partial charge in [-0.1, -0.05) is 0 Å². The maximum atomic E-state index is 13.0. The molecule has 10 nitrogen and oxygen atoms in total. The SMILES string of the molecule is COc1cc2c(cc1OC)=C(O)C(Cc1nccs1)(C(=O)NCC(=O)O)C(=O)N=2. The fourth-order valence-electron chi connectivity index (χ4n) is 3.00. The molecule has 2 aromatic rings. The number of nitrogens with zero attached hydrogens (tertiary/aromatic N) is 2. The molecule has 0 aliphatic carbocycles. The first kappa shape index (κ1) is 20.3. The molecule has 1 aromatic heterocycles. The number of carboxylic acids is 1. The lowest BCUT2D eigenvalue weighted by molar-refractivity contribution is -0.143. The van der Waals surface area contributed by atoms with E-state index in [9.17, 15) is 19.5 Å². The van der Waals surface area contributed by atoms with Gasteiger partial charge in [0.2, 0.25) is 5.91 Å². The van der Waals surface area contributed by atoms with Crippen LogP contribution in [0, 0.1) is 5.41 Å². The zero-order valence-electron chi connectivity index (χ0n) is 15.5. The number of amides is 2. The number of rotatable bonds is 7. The summed E-state index contributed by atoms with van der Waals surface area (Å²) in [6.07, 6.45) is 1.21. The van der Waals surface area contributed by atoms with E-state index in [-0.39, 0.29) is 22.7 Å². The Bertz CT molecular complexity index is 1100. The second-order valence-electron chi connectivity index (χ2n) is 6.07. The Morgan fingerprint density at radius 2 is 1.93 bits per heavy atom. The Kier molecular flexibility index (Phi) is 5.50. The van der Waals surface area contributed by atoms with Crippen molar-refractivity contribution in [2.24, 2.45) is 10.4 Å². The van der Waals surface area contributed by atoms with Crippen LogP contribution in [0.15, 0.2) is 28.7 Å². The Labute approximate surface area is 168 Å². The summed E-state index contributed by atoms with van der Waals surface area (Å²) in [6.45, 7) is -0.724. The lowest BCUT2D eigenvalue weighted by Gasteiger charge is -2.29. The highest BCUT2D eigenvalue weighted by molar-refractivity contribution is 7.09. The van der Waals surface area contributed by atoms with Crippen molar-refractivity contribution in [3.63, 3.8) is 0 Å². The van der Waals surface area contributed by atoms with Gasteiger partial charge in [0.25, 0.3) is 5.91 Å². The van der Waals surface area contributed by atoms with Crippen molar-refractivity contribution in [3.8, 4) is 11.5 Å². The summed E-state index contributed by atoms with van der Waals surface area (Å²) < 4.78 is 10.4. The first-order valence-electron chi connectivity index (χ1n) is 8.31. The van der Waals surface area contributed by atoms with Crippen molar-refractivity contribution in [2.75, 3.05) is 20.8 Å². The minimum Gasteiger partial charge on any atom is -0.510 e. The van der Waals surface area contributed by atoms with Gasteiger partial charge in [0.05, 0.1) is 24.6 Å². The maximum absolute atomic E-state index is 13.0. The molecule has 3 rings (SSSR count). The van der Waals surface area contributed by atoms with Gasteiger partial charge >= 0.3 is 5.97 Å². The van der Waals surface area contributed by atoms with E-state index in [2.05, 4.69) is 15.3 Å². The molecule has 0 radical (unpaired) electrons. The number of nitrogens with one attached hydrogen (secondary N) is 1. The van der Waals surface area contributed by atoms with Crippen LogP contribution in [-0.4, -0.2) is 53.7 Å². The topological polar surface area (TPSA) is 147 Å². The van der Waals surface area contributed by atoms with Gasteiger partial charge in [-0.05, 0) is 6.07 Å². The first-order chi connectivity index (χ1) is 13.8. The Balaban J connectivity index is 2.25. The van der Waals surface area contributed by atoms with Gasteiger partial charge in [0.15, 0.2) is 16.9 Å². The first-order valence-corrected chi connectivity index (χ1v) is 9.19. The van der Waals surface area contributed by atoms with E-state index in [1.807, 2.05) is 0 Å². The number of hydrogen-bond acceptors (Lipinski definition) is 8. The molecular formula is C18H17N3O7S. The second-order valence-corrected chi connectivity index (χ2v) is 7.05. The number of aliphatic hydroxyl groups is 1. The number of ether oxygens (including phenoxy) is 2. The number of hydrogen-bond donors (Lipinski definition) is 3. The molecule has 1 aliphatic heterocycles. The smallest absolute Gasteiger partial charge is 0.322 e. The van der Waals surface area contributed by atoms with Crippen LogP contribution in [0.1, 0.15) is 5.01 Å². The number of methoxy groups -OCH3 is 2. The number of carbonyl (C=O) groups excluding carboxylic acids is 2. The second kappa shape index (κ2) is 7.87. The molecule has 11 heteroatoms.